The highest BCUT2D eigenvalue weighted by Gasteiger charge is 2.43. The van der Waals surface area contributed by atoms with Crippen LogP contribution in [0.3, 0.4) is 0 Å². The zero-order chi connectivity index (χ0) is 17.0. The molecule has 1 saturated heterocycles. The van der Waals surface area contributed by atoms with E-state index in [0.717, 1.165) is 4.90 Å². The lowest BCUT2D eigenvalue weighted by Gasteiger charge is -2.32. The monoisotopic (exact) mass is 365 g/mol. The molecule has 2 rings (SSSR count). The highest BCUT2D eigenvalue weighted by molar-refractivity contribution is 5.94. The van der Waals surface area contributed by atoms with Crippen molar-refractivity contribution in [2.75, 3.05) is 25.4 Å². The lowest BCUT2D eigenvalue weighted by molar-refractivity contribution is -0.186. The standard InChI is InChI=1S/C15H18F3N3O2.ClH/c16-15(17,18)14(23)21-6-4-10(5-7-21)9-20-13(22)11-2-1-3-12(19)8-11;/h1-3,8,10H,4-7,9,19H2,(H,20,22);1H. The maximum Gasteiger partial charge on any atom is 0.471 e. The van der Waals surface area contributed by atoms with Crippen molar-refractivity contribution in [2.45, 2.75) is 19.0 Å². The number of nitrogen functional groups attached to an aromatic ring is 1. The Kier molecular flexibility index (Phi) is 6.89. The van der Waals surface area contributed by atoms with Gasteiger partial charge < -0.3 is 16.0 Å². The Morgan fingerprint density at radius 3 is 2.42 bits per heavy atom. The highest BCUT2D eigenvalue weighted by atomic mass is 35.5. The van der Waals surface area contributed by atoms with Crippen molar-refractivity contribution in [2.24, 2.45) is 5.92 Å². The summed E-state index contributed by atoms with van der Waals surface area (Å²) < 4.78 is 37.0. The lowest BCUT2D eigenvalue weighted by Crippen LogP contribution is -2.46. The van der Waals surface area contributed by atoms with Gasteiger partial charge in [0.1, 0.15) is 0 Å². The third-order valence-electron chi connectivity index (χ3n) is 3.84. The molecule has 3 N–H and O–H groups in total. The SMILES string of the molecule is Cl.Nc1cccc(C(=O)NCC2CCN(C(=O)C(F)(F)F)CC2)c1. The summed E-state index contributed by atoms with van der Waals surface area (Å²) in [4.78, 5) is 23.9. The van der Waals surface area contributed by atoms with Crippen LogP contribution in [-0.2, 0) is 4.79 Å². The van der Waals surface area contributed by atoms with E-state index in [1.165, 1.54) is 0 Å². The van der Waals surface area contributed by atoms with Crippen LogP contribution < -0.4 is 11.1 Å². The fourth-order valence-electron chi connectivity index (χ4n) is 2.54. The fraction of sp³-hybridized carbons (Fsp3) is 0.467. The van der Waals surface area contributed by atoms with Crippen molar-refractivity contribution in [3.63, 3.8) is 0 Å². The number of carbonyl (C=O) groups is 2. The van der Waals surface area contributed by atoms with Crippen LogP contribution in [0.2, 0.25) is 0 Å². The van der Waals surface area contributed by atoms with Gasteiger partial charge in [-0.1, -0.05) is 6.07 Å². The van der Waals surface area contributed by atoms with Gasteiger partial charge in [-0.3, -0.25) is 9.59 Å². The van der Waals surface area contributed by atoms with Crippen LogP contribution in [0.25, 0.3) is 0 Å². The smallest absolute Gasteiger partial charge is 0.399 e. The van der Waals surface area contributed by atoms with Crippen molar-refractivity contribution < 1.29 is 22.8 Å². The van der Waals surface area contributed by atoms with Crippen molar-refractivity contribution in [1.82, 2.24) is 10.2 Å². The summed E-state index contributed by atoms with van der Waals surface area (Å²) >= 11 is 0. The van der Waals surface area contributed by atoms with Crippen LogP contribution in [0.15, 0.2) is 24.3 Å². The number of amides is 2. The first-order valence-electron chi connectivity index (χ1n) is 7.27. The van der Waals surface area contributed by atoms with Crippen molar-refractivity contribution in [1.29, 1.82) is 0 Å². The quantitative estimate of drug-likeness (QED) is 0.806. The molecule has 1 aromatic rings. The van der Waals surface area contributed by atoms with E-state index >= 15 is 0 Å². The van der Waals surface area contributed by atoms with Crippen molar-refractivity contribution in [3.8, 4) is 0 Å². The van der Waals surface area contributed by atoms with Crippen LogP contribution in [0.4, 0.5) is 18.9 Å². The minimum absolute atomic E-state index is 0. The molecule has 24 heavy (non-hydrogen) atoms. The largest absolute Gasteiger partial charge is 0.471 e. The summed E-state index contributed by atoms with van der Waals surface area (Å²) in [5, 5.41) is 2.75. The Morgan fingerprint density at radius 1 is 1.25 bits per heavy atom. The summed E-state index contributed by atoms with van der Waals surface area (Å²) in [6.45, 7) is 0.468. The number of hydrogen-bond donors (Lipinski definition) is 2. The first-order valence-corrected chi connectivity index (χ1v) is 7.27. The minimum atomic E-state index is -4.83. The number of nitrogens with one attached hydrogen (secondary N) is 1. The topological polar surface area (TPSA) is 75.4 Å². The van der Waals surface area contributed by atoms with Gasteiger partial charge in [-0.05, 0) is 37.0 Å². The average molecular weight is 366 g/mol. The van der Waals surface area contributed by atoms with Crippen molar-refractivity contribution >= 4 is 29.9 Å². The molecular formula is C15H19ClF3N3O2. The number of anilines is 1. The Labute approximate surface area is 143 Å². The number of piperidine rings is 1. The van der Waals surface area contributed by atoms with Gasteiger partial charge in [0.15, 0.2) is 0 Å². The molecule has 0 aliphatic carbocycles. The molecule has 1 aromatic carbocycles. The van der Waals surface area contributed by atoms with Gasteiger partial charge >= 0.3 is 12.1 Å². The summed E-state index contributed by atoms with van der Waals surface area (Å²) in [5.41, 5.74) is 6.53. The number of halogens is 4. The number of benzene rings is 1. The van der Waals surface area contributed by atoms with Gasteiger partial charge in [-0.15, -0.1) is 12.4 Å². The number of likely N-dealkylation sites (tertiary alicyclic amines) is 1. The van der Waals surface area contributed by atoms with Gasteiger partial charge in [0.25, 0.3) is 5.91 Å². The molecule has 0 saturated carbocycles. The van der Waals surface area contributed by atoms with Crippen LogP contribution >= 0.6 is 12.4 Å². The number of alkyl halides is 3. The minimum Gasteiger partial charge on any atom is -0.399 e. The molecule has 0 radical (unpaired) electrons. The molecule has 0 atom stereocenters. The molecule has 134 valence electrons. The maximum atomic E-state index is 12.3. The van der Waals surface area contributed by atoms with Crippen LogP contribution in [-0.4, -0.2) is 42.5 Å². The summed E-state index contributed by atoms with van der Waals surface area (Å²) in [5.74, 6) is -2.01. The molecule has 1 aliphatic rings. The normalized spacial score (nSPS) is 15.5. The fourth-order valence-corrected chi connectivity index (χ4v) is 2.54. The molecule has 1 fully saturated rings. The van der Waals surface area contributed by atoms with E-state index in [2.05, 4.69) is 5.32 Å². The lowest BCUT2D eigenvalue weighted by atomic mass is 9.96. The highest BCUT2D eigenvalue weighted by Crippen LogP contribution is 2.23. The molecule has 0 aromatic heterocycles. The summed E-state index contributed by atoms with van der Waals surface area (Å²) in [6, 6.07) is 6.53. The maximum absolute atomic E-state index is 12.3. The van der Waals surface area contributed by atoms with E-state index in [1.807, 2.05) is 0 Å². The third-order valence-corrected chi connectivity index (χ3v) is 3.84. The molecular weight excluding hydrogens is 347 g/mol. The summed E-state index contributed by atoms with van der Waals surface area (Å²) in [7, 11) is 0. The second-order valence-corrected chi connectivity index (χ2v) is 5.57. The molecule has 0 spiro atoms. The zero-order valence-electron chi connectivity index (χ0n) is 12.8. The molecule has 1 heterocycles. The van der Waals surface area contributed by atoms with Gasteiger partial charge in [0.05, 0.1) is 0 Å². The Bertz CT molecular complexity index is 588. The Balaban J connectivity index is 0.00000288. The Hall–Kier alpha value is -1.96. The number of rotatable bonds is 3. The number of carbonyl (C=O) groups excluding carboxylic acids is 2. The zero-order valence-corrected chi connectivity index (χ0v) is 13.6. The van der Waals surface area contributed by atoms with Gasteiger partial charge in [0.2, 0.25) is 0 Å². The average Bonchev–Trinajstić information content (AvgIpc) is 2.51. The Morgan fingerprint density at radius 2 is 1.88 bits per heavy atom. The van der Waals surface area contributed by atoms with Crippen molar-refractivity contribution in [3.05, 3.63) is 29.8 Å². The van der Waals surface area contributed by atoms with E-state index in [0.29, 0.717) is 30.6 Å². The van der Waals surface area contributed by atoms with E-state index in [9.17, 15) is 22.8 Å². The molecule has 1 aliphatic heterocycles. The van der Waals surface area contributed by atoms with E-state index in [-0.39, 0.29) is 37.3 Å². The number of hydrogen-bond acceptors (Lipinski definition) is 3. The van der Waals surface area contributed by atoms with Gasteiger partial charge in [-0.25, -0.2) is 0 Å². The number of nitrogens with zero attached hydrogens (tertiary/aromatic N) is 1. The molecule has 0 unspecified atom stereocenters. The predicted molar refractivity (Wildman–Crippen MR) is 85.8 cm³/mol. The van der Waals surface area contributed by atoms with E-state index in [4.69, 9.17) is 5.73 Å². The van der Waals surface area contributed by atoms with E-state index in [1.54, 1.807) is 24.3 Å². The predicted octanol–water partition coefficient (Wildman–Crippen LogP) is 2.22. The molecule has 9 heteroatoms. The molecule has 5 nitrogen and oxygen atoms in total. The third kappa shape index (κ3) is 5.30. The van der Waals surface area contributed by atoms with Gasteiger partial charge in [0, 0.05) is 30.9 Å². The van der Waals surface area contributed by atoms with Crippen LogP contribution in [0.5, 0.6) is 0 Å². The van der Waals surface area contributed by atoms with Gasteiger partial charge in [-0.2, -0.15) is 13.2 Å². The second kappa shape index (κ2) is 8.23. The number of nitrogens with two attached hydrogens (primary N) is 1. The molecule has 2 amide bonds. The summed E-state index contributed by atoms with van der Waals surface area (Å²) in [6.07, 6.45) is -3.97. The van der Waals surface area contributed by atoms with E-state index < -0.39 is 12.1 Å². The molecule has 0 bridgehead atoms. The first kappa shape index (κ1) is 20.1. The van der Waals surface area contributed by atoms with Crippen LogP contribution in [0, 0.1) is 5.92 Å². The van der Waals surface area contributed by atoms with Crippen LogP contribution in [0.1, 0.15) is 23.2 Å². The first-order chi connectivity index (χ1) is 10.8. The second-order valence-electron chi connectivity index (χ2n) is 5.57.